The first-order valence-electron chi connectivity index (χ1n) is 6.28. The highest BCUT2D eigenvalue weighted by atomic mass is 79.9. The van der Waals surface area contributed by atoms with E-state index in [0.29, 0.717) is 22.2 Å². The van der Waals surface area contributed by atoms with Crippen LogP contribution in [0.4, 0.5) is 0 Å². The second kappa shape index (κ2) is 6.56. The smallest absolute Gasteiger partial charge is 0.211 e. The average Bonchev–Trinajstić information content (AvgIpc) is 2.67. The lowest BCUT2D eigenvalue weighted by atomic mass is 9.89. The molecule has 2 unspecified atom stereocenters. The van der Waals surface area contributed by atoms with E-state index >= 15 is 0 Å². The van der Waals surface area contributed by atoms with Crippen molar-refractivity contribution in [2.24, 2.45) is 5.92 Å². The molecule has 1 aromatic rings. The summed E-state index contributed by atoms with van der Waals surface area (Å²) in [7, 11) is -3.37. The van der Waals surface area contributed by atoms with Gasteiger partial charge in [0.1, 0.15) is 0 Å². The lowest BCUT2D eigenvalue weighted by molar-refractivity contribution is 0.368. The zero-order valence-electron chi connectivity index (χ0n) is 10.7. The SMILES string of the molecule is Cc1sc(Br)cc1S(=O)(=O)NCC1CCCC(Br)C1. The molecular formula is C12H17Br2NO2S2. The number of hydrogen-bond donors (Lipinski definition) is 1. The molecule has 108 valence electrons. The quantitative estimate of drug-likeness (QED) is 0.732. The topological polar surface area (TPSA) is 46.2 Å². The third kappa shape index (κ3) is 4.27. The Labute approximate surface area is 135 Å². The van der Waals surface area contributed by atoms with E-state index in [1.807, 2.05) is 6.92 Å². The number of alkyl halides is 1. The molecule has 0 spiro atoms. The molecule has 0 saturated heterocycles. The molecule has 1 aliphatic carbocycles. The molecule has 1 N–H and O–H groups in total. The molecule has 0 radical (unpaired) electrons. The van der Waals surface area contributed by atoms with Crippen LogP contribution in [0, 0.1) is 12.8 Å². The van der Waals surface area contributed by atoms with Crippen molar-refractivity contribution in [3.8, 4) is 0 Å². The first kappa shape index (κ1) is 15.9. The highest BCUT2D eigenvalue weighted by Crippen LogP contribution is 2.31. The summed E-state index contributed by atoms with van der Waals surface area (Å²) in [6.07, 6.45) is 4.52. The van der Waals surface area contributed by atoms with Gasteiger partial charge in [0.25, 0.3) is 0 Å². The van der Waals surface area contributed by atoms with E-state index in [0.717, 1.165) is 21.5 Å². The fourth-order valence-corrected chi connectivity index (χ4v) is 6.79. The van der Waals surface area contributed by atoms with Crippen molar-refractivity contribution < 1.29 is 8.42 Å². The molecule has 1 fully saturated rings. The molecule has 0 amide bonds. The zero-order chi connectivity index (χ0) is 14.0. The summed E-state index contributed by atoms with van der Waals surface area (Å²) in [4.78, 5) is 1.75. The Bertz CT molecular complexity index is 542. The first-order valence-corrected chi connectivity index (χ1v) is 10.3. The van der Waals surface area contributed by atoms with Crippen molar-refractivity contribution in [2.45, 2.75) is 42.3 Å². The van der Waals surface area contributed by atoms with E-state index in [1.165, 1.54) is 24.2 Å². The molecule has 2 atom stereocenters. The molecule has 1 aromatic heterocycles. The van der Waals surface area contributed by atoms with Crippen molar-refractivity contribution in [3.05, 3.63) is 14.7 Å². The Hall–Kier alpha value is 0.570. The van der Waals surface area contributed by atoms with E-state index in [1.54, 1.807) is 6.07 Å². The Morgan fingerprint density at radius 1 is 1.47 bits per heavy atom. The molecule has 2 rings (SSSR count). The molecule has 1 heterocycles. The molecule has 0 aliphatic heterocycles. The van der Waals surface area contributed by atoms with Gasteiger partial charge in [0, 0.05) is 16.2 Å². The summed E-state index contributed by atoms with van der Waals surface area (Å²) in [5.74, 6) is 0.440. The summed E-state index contributed by atoms with van der Waals surface area (Å²) in [6.45, 7) is 2.37. The van der Waals surface area contributed by atoms with E-state index in [9.17, 15) is 8.42 Å². The fourth-order valence-electron chi connectivity index (χ4n) is 2.41. The van der Waals surface area contributed by atoms with E-state index in [4.69, 9.17) is 0 Å². The number of thiophene rings is 1. The van der Waals surface area contributed by atoms with Gasteiger partial charge in [0.05, 0.1) is 8.68 Å². The van der Waals surface area contributed by atoms with Crippen molar-refractivity contribution in [1.29, 1.82) is 0 Å². The number of nitrogens with one attached hydrogen (secondary N) is 1. The van der Waals surface area contributed by atoms with Crippen LogP contribution >= 0.6 is 43.2 Å². The predicted octanol–water partition coefficient (Wildman–Crippen LogP) is 4.05. The standard InChI is InChI=1S/C12H17Br2NO2S2/c1-8-11(6-12(14)18-8)19(16,17)15-7-9-3-2-4-10(13)5-9/h6,9-10,15H,2-5,7H2,1H3. The molecule has 3 nitrogen and oxygen atoms in total. The lowest BCUT2D eigenvalue weighted by Crippen LogP contribution is -2.32. The molecule has 0 bridgehead atoms. The van der Waals surface area contributed by atoms with Crippen LogP contribution in [0.15, 0.2) is 14.7 Å². The second-order valence-corrected chi connectivity index (χ2v) is 10.6. The van der Waals surface area contributed by atoms with Gasteiger partial charge in [-0.2, -0.15) is 0 Å². The van der Waals surface area contributed by atoms with Crippen LogP contribution in [0.25, 0.3) is 0 Å². The van der Waals surface area contributed by atoms with Crippen molar-refractivity contribution in [1.82, 2.24) is 4.72 Å². The van der Waals surface area contributed by atoms with Crippen LogP contribution in [-0.2, 0) is 10.0 Å². The largest absolute Gasteiger partial charge is 0.241 e. The molecule has 1 saturated carbocycles. The average molecular weight is 431 g/mol. The second-order valence-electron chi connectivity index (χ2n) is 4.95. The molecule has 19 heavy (non-hydrogen) atoms. The maximum atomic E-state index is 12.3. The number of sulfonamides is 1. The third-order valence-corrected chi connectivity index (χ3v) is 7.48. The summed E-state index contributed by atoms with van der Waals surface area (Å²) >= 11 is 8.41. The Balaban J connectivity index is 2.00. The number of rotatable bonds is 4. The van der Waals surface area contributed by atoms with Gasteiger partial charge < -0.3 is 0 Å². The minimum atomic E-state index is -3.37. The highest BCUT2D eigenvalue weighted by Gasteiger charge is 2.24. The molecule has 1 aliphatic rings. The number of hydrogen-bond acceptors (Lipinski definition) is 3. The van der Waals surface area contributed by atoms with Crippen molar-refractivity contribution in [2.75, 3.05) is 6.54 Å². The first-order chi connectivity index (χ1) is 8.88. The molecular weight excluding hydrogens is 414 g/mol. The Morgan fingerprint density at radius 2 is 2.21 bits per heavy atom. The van der Waals surface area contributed by atoms with Crippen LogP contribution in [0.2, 0.25) is 0 Å². The van der Waals surface area contributed by atoms with Gasteiger partial charge in [-0.1, -0.05) is 22.4 Å². The summed E-state index contributed by atoms with van der Waals surface area (Å²) in [5.41, 5.74) is 0. The summed E-state index contributed by atoms with van der Waals surface area (Å²) < 4.78 is 28.1. The molecule has 0 aromatic carbocycles. The monoisotopic (exact) mass is 429 g/mol. The normalized spacial score (nSPS) is 24.6. The van der Waals surface area contributed by atoms with Crippen LogP contribution < -0.4 is 4.72 Å². The van der Waals surface area contributed by atoms with Crippen LogP contribution in [0.3, 0.4) is 0 Å². The van der Waals surface area contributed by atoms with Gasteiger partial charge in [0.15, 0.2) is 0 Å². The van der Waals surface area contributed by atoms with Gasteiger partial charge in [-0.3, -0.25) is 0 Å². The summed E-state index contributed by atoms with van der Waals surface area (Å²) in [5, 5.41) is 0. The van der Waals surface area contributed by atoms with Crippen molar-refractivity contribution in [3.63, 3.8) is 0 Å². The zero-order valence-corrected chi connectivity index (χ0v) is 15.5. The predicted molar refractivity (Wildman–Crippen MR) is 86.6 cm³/mol. The minimum Gasteiger partial charge on any atom is -0.211 e. The van der Waals surface area contributed by atoms with Crippen LogP contribution in [-0.4, -0.2) is 19.8 Å². The van der Waals surface area contributed by atoms with Gasteiger partial charge in [0.2, 0.25) is 10.0 Å². The fraction of sp³-hybridized carbons (Fsp3) is 0.667. The lowest BCUT2D eigenvalue weighted by Gasteiger charge is -2.25. The number of aryl methyl sites for hydroxylation is 1. The summed E-state index contributed by atoms with van der Waals surface area (Å²) in [6, 6.07) is 1.68. The van der Waals surface area contributed by atoms with Gasteiger partial charge in [-0.25, -0.2) is 13.1 Å². The van der Waals surface area contributed by atoms with Crippen LogP contribution in [0.1, 0.15) is 30.6 Å². The third-order valence-electron chi connectivity index (χ3n) is 3.41. The Kier molecular flexibility index (Phi) is 5.50. The molecule has 7 heteroatoms. The minimum absolute atomic E-state index is 0.399. The Morgan fingerprint density at radius 3 is 2.79 bits per heavy atom. The number of halogens is 2. The van der Waals surface area contributed by atoms with E-state index in [2.05, 4.69) is 36.6 Å². The van der Waals surface area contributed by atoms with Gasteiger partial charge >= 0.3 is 0 Å². The highest BCUT2D eigenvalue weighted by molar-refractivity contribution is 9.11. The van der Waals surface area contributed by atoms with Crippen molar-refractivity contribution >= 4 is 53.2 Å². The van der Waals surface area contributed by atoms with Gasteiger partial charge in [-0.05, 0) is 54.1 Å². The van der Waals surface area contributed by atoms with E-state index < -0.39 is 10.0 Å². The maximum absolute atomic E-state index is 12.3. The van der Waals surface area contributed by atoms with Crippen LogP contribution in [0.5, 0.6) is 0 Å². The van der Waals surface area contributed by atoms with Gasteiger partial charge in [-0.15, -0.1) is 11.3 Å². The maximum Gasteiger partial charge on any atom is 0.241 e. The van der Waals surface area contributed by atoms with E-state index in [-0.39, 0.29) is 0 Å².